The Labute approximate surface area is 117 Å². The number of fused-ring (bicyclic) bond motifs is 2. The van der Waals surface area contributed by atoms with Gasteiger partial charge in [-0.3, -0.25) is 4.98 Å². The average molecular weight is 278 g/mol. The van der Waals surface area contributed by atoms with Crippen molar-refractivity contribution in [2.24, 2.45) is 5.92 Å². The molecule has 2 aromatic rings. The number of hydrogen-bond donors (Lipinski definition) is 0. The molecule has 1 aliphatic heterocycles. The van der Waals surface area contributed by atoms with Gasteiger partial charge in [-0.15, -0.1) is 0 Å². The quantitative estimate of drug-likeness (QED) is 0.835. The van der Waals surface area contributed by atoms with Crippen molar-refractivity contribution in [2.75, 3.05) is 13.2 Å². The monoisotopic (exact) mass is 277 g/mol. The van der Waals surface area contributed by atoms with Crippen LogP contribution in [0.5, 0.6) is 11.5 Å². The lowest BCUT2D eigenvalue weighted by atomic mass is 10.1. The third-order valence-corrected chi connectivity index (χ3v) is 3.41. The van der Waals surface area contributed by atoms with E-state index in [0.717, 1.165) is 39.5 Å². The highest BCUT2D eigenvalue weighted by Gasteiger charge is 2.15. The fourth-order valence-electron chi connectivity index (χ4n) is 2.30. The zero-order valence-corrected chi connectivity index (χ0v) is 11.8. The molecule has 0 unspecified atom stereocenters. The zero-order chi connectivity index (χ0) is 13.4. The number of aromatic nitrogens is 1. The maximum Gasteiger partial charge on any atom is 0.163 e. The van der Waals surface area contributed by atoms with Crippen LogP contribution in [0.2, 0.25) is 5.02 Å². The largest absolute Gasteiger partial charge is 0.486 e. The maximum absolute atomic E-state index is 6.35. The lowest BCUT2D eigenvalue weighted by Crippen LogP contribution is -2.15. The van der Waals surface area contributed by atoms with Crippen LogP contribution in [0.25, 0.3) is 10.9 Å². The van der Waals surface area contributed by atoms with Crippen molar-refractivity contribution in [3.63, 3.8) is 0 Å². The molecule has 0 saturated heterocycles. The van der Waals surface area contributed by atoms with Crippen molar-refractivity contribution in [3.05, 3.63) is 28.9 Å². The molecule has 0 spiro atoms. The summed E-state index contributed by atoms with van der Waals surface area (Å²) in [5.74, 6) is 2.06. The predicted molar refractivity (Wildman–Crippen MR) is 76.3 cm³/mol. The first-order valence-electron chi connectivity index (χ1n) is 6.52. The van der Waals surface area contributed by atoms with Crippen LogP contribution in [0.15, 0.2) is 18.2 Å². The van der Waals surface area contributed by atoms with Crippen molar-refractivity contribution in [3.8, 4) is 11.5 Å². The normalized spacial score (nSPS) is 14.1. The van der Waals surface area contributed by atoms with Crippen LogP contribution in [0.3, 0.4) is 0 Å². The van der Waals surface area contributed by atoms with Gasteiger partial charge < -0.3 is 9.47 Å². The van der Waals surface area contributed by atoms with Crippen molar-refractivity contribution >= 4 is 22.5 Å². The van der Waals surface area contributed by atoms with E-state index in [-0.39, 0.29) is 0 Å². The Hall–Kier alpha value is -1.48. The van der Waals surface area contributed by atoms with Crippen molar-refractivity contribution in [1.29, 1.82) is 0 Å². The Morgan fingerprint density at radius 3 is 2.53 bits per heavy atom. The van der Waals surface area contributed by atoms with E-state index in [4.69, 9.17) is 21.1 Å². The Morgan fingerprint density at radius 2 is 1.84 bits per heavy atom. The standard InChI is InChI=1S/C15H16ClNO2/c1-9(2)5-10-6-12(16)11-7-14-15(8-13(11)17-10)19-4-3-18-14/h6-9H,3-5H2,1-2H3. The van der Waals surface area contributed by atoms with Crippen molar-refractivity contribution < 1.29 is 9.47 Å². The van der Waals surface area contributed by atoms with Gasteiger partial charge in [0, 0.05) is 17.1 Å². The van der Waals surface area contributed by atoms with E-state index < -0.39 is 0 Å². The van der Waals surface area contributed by atoms with Gasteiger partial charge in [0.25, 0.3) is 0 Å². The fourth-order valence-corrected chi connectivity index (χ4v) is 2.57. The number of ether oxygens (including phenoxy) is 2. The van der Waals surface area contributed by atoms with E-state index in [9.17, 15) is 0 Å². The first-order chi connectivity index (χ1) is 9.13. The Kier molecular flexibility index (Phi) is 3.23. The van der Waals surface area contributed by atoms with Gasteiger partial charge in [0.05, 0.1) is 10.5 Å². The Balaban J connectivity index is 2.13. The van der Waals surface area contributed by atoms with Crippen LogP contribution in [-0.4, -0.2) is 18.2 Å². The molecule has 100 valence electrons. The van der Waals surface area contributed by atoms with E-state index in [0.29, 0.717) is 19.1 Å². The van der Waals surface area contributed by atoms with Crippen LogP contribution in [0.4, 0.5) is 0 Å². The molecule has 19 heavy (non-hydrogen) atoms. The van der Waals surface area contributed by atoms with Crippen LogP contribution < -0.4 is 9.47 Å². The number of rotatable bonds is 2. The molecule has 0 N–H and O–H groups in total. The number of pyridine rings is 1. The van der Waals surface area contributed by atoms with Gasteiger partial charge in [0.15, 0.2) is 11.5 Å². The van der Waals surface area contributed by atoms with E-state index in [1.54, 1.807) is 0 Å². The van der Waals surface area contributed by atoms with E-state index in [2.05, 4.69) is 18.8 Å². The number of halogens is 1. The van der Waals surface area contributed by atoms with Gasteiger partial charge in [-0.25, -0.2) is 0 Å². The molecule has 4 heteroatoms. The minimum absolute atomic E-state index is 0.554. The Bertz CT molecular complexity index is 625. The molecular formula is C15H16ClNO2. The summed E-state index contributed by atoms with van der Waals surface area (Å²) in [5.41, 5.74) is 1.89. The van der Waals surface area contributed by atoms with Gasteiger partial charge in [-0.05, 0) is 24.5 Å². The van der Waals surface area contributed by atoms with Crippen LogP contribution in [0, 0.1) is 5.92 Å². The Morgan fingerprint density at radius 1 is 1.16 bits per heavy atom. The SMILES string of the molecule is CC(C)Cc1cc(Cl)c2cc3c(cc2n1)OCCO3. The van der Waals surface area contributed by atoms with Gasteiger partial charge in [0.1, 0.15) is 13.2 Å². The van der Waals surface area contributed by atoms with E-state index in [1.165, 1.54) is 0 Å². The molecule has 0 atom stereocenters. The smallest absolute Gasteiger partial charge is 0.163 e. The molecule has 3 nitrogen and oxygen atoms in total. The molecule has 0 bridgehead atoms. The second-order valence-corrected chi connectivity index (χ2v) is 5.61. The highest BCUT2D eigenvalue weighted by atomic mass is 35.5. The summed E-state index contributed by atoms with van der Waals surface area (Å²) in [7, 11) is 0. The molecule has 0 amide bonds. The molecule has 0 radical (unpaired) electrons. The van der Waals surface area contributed by atoms with Crippen molar-refractivity contribution in [2.45, 2.75) is 20.3 Å². The molecule has 0 saturated carbocycles. The molecule has 1 aromatic heterocycles. The summed E-state index contributed by atoms with van der Waals surface area (Å²) in [6.07, 6.45) is 0.921. The lowest BCUT2D eigenvalue weighted by Gasteiger charge is -2.19. The summed E-state index contributed by atoms with van der Waals surface area (Å²) >= 11 is 6.35. The summed E-state index contributed by atoms with van der Waals surface area (Å²) in [4.78, 5) is 4.66. The highest BCUT2D eigenvalue weighted by Crippen LogP contribution is 2.36. The first kappa shape index (κ1) is 12.5. The number of benzene rings is 1. The minimum atomic E-state index is 0.554. The molecule has 0 aliphatic carbocycles. The lowest BCUT2D eigenvalue weighted by molar-refractivity contribution is 0.172. The highest BCUT2D eigenvalue weighted by molar-refractivity contribution is 6.35. The number of hydrogen-bond acceptors (Lipinski definition) is 3. The second kappa shape index (κ2) is 4.89. The molecular weight excluding hydrogens is 262 g/mol. The fraction of sp³-hybridized carbons (Fsp3) is 0.400. The summed E-state index contributed by atoms with van der Waals surface area (Å²) in [6, 6.07) is 5.78. The summed E-state index contributed by atoms with van der Waals surface area (Å²) in [6.45, 7) is 5.50. The third-order valence-electron chi connectivity index (χ3n) is 3.09. The van der Waals surface area contributed by atoms with Gasteiger partial charge in [-0.1, -0.05) is 25.4 Å². The molecule has 1 aliphatic rings. The molecule has 0 fully saturated rings. The molecule has 2 heterocycles. The van der Waals surface area contributed by atoms with E-state index in [1.807, 2.05) is 18.2 Å². The maximum atomic E-state index is 6.35. The van der Waals surface area contributed by atoms with Crippen molar-refractivity contribution in [1.82, 2.24) is 4.98 Å². The van der Waals surface area contributed by atoms with Gasteiger partial charge in [0.2, 0.25) is 0 Å². The zero-order valence-electron chi connectivity index (χ0n) is 11.1. The molecule has 3 rings (SSSR count). The van der Waals surface area contributed by atoms with Gasteiger partial charge in [-0.2, -0.15) is 0 Å². The average Bonchev–Trinajstić information content (AvgIpc) is 2.36. The number of nitrogens with zero attached hydrogens (tertiary/aromatic N) is 1. The van der Waals surface area contributed by atoms with E-state index >= 15 is 0 Å². The van der Waals surface area contributed by atoms with Crippen LogP contribution in [-0.2, 0) is 6.42 Å². The third kappa shape index (κ3) is 2.47. The first-order valence-corrected chi connectivity index (χ1v) is 6.90. The van der Waals surface area contributed by atoms with Gasteiger partial charge >= 0.3 is 0 Å². The second-order valence-electron chi connectivity index (χ2n) is 5.21. The minimum Gasteiger partial charge on any atom is -0.486 e. The summed E-state index contributed by atoms with van der Waals surface area (Å²) in [5, 5.41) is 1.64. The summed E-state index contributed by atoms with van der Waals surface area (Å²) < 4.78 is 11.2. The topological polar surface area (TPSA) is 31.4 Å². The van der Waals surface area contributed by atoms with Crippen LogP contribution in [0.1, 0.15) is 19.5 Å². The predicted octanol–water partition coefficient (Wildman–Crippen LogP) is 3.86. The van der Waals surface area contributed by atoms with Crippen LogP contribution >= 0.6 is 11.6 Å². The molecule has 1 aromatic carbocycles.